The van der Waals surface area contributed by atoms with E-state index in [0.29, 0.717) is 5.92 Å². The van der Waals surface area contributed by atoms with Gasteiger partial charge in [-0.05, 0) is 177 Å². The van der Waals surface area contributed by atoms with Crippen LogP contribution in [0.5, 0.6) is 0 Å². The zero-order valence-corrected chi connectivity index (χ0v) is 38.4. The van der Waals surface area contributed by atoms with E-state index in [4.69, 9.17) is 0 Å². The largest absolute Gasteiger partial charge is 0.311 e. The molecule has 3 heteroatoms. The summed E-state index contributed by atoms with van der Waals surface area (Å²) in [5, 5.41) is 0. The molecule has 0 N–H and O–H groups in total. The number of nitrogens with zero attached hydrogens (tertiary/aromatic N) is 2. The van der Waals surface area contributed by atoms with Crippen LogP contribution in [0.25, 0.3) is 22.3 Å². The van der Waals surface area contributed by atoms with Gasteiger partial charge in [0.2, 0.25) is 0 Å². The fourth-order valence-electron chi connectivity index (χ4n) is 12.0. The van der Waals surface area contributed by atoms with Crippen LogP contribution in [0.3, 0.4) is 0 Å². The van der Waals surface area contributed by atoms with Crippen molar-refractivity contribution in [1.29, 1.82) is 0 Å². The van der Waals surface area contributed by atoms with Gasteiger partial charge in [0, 0.05) is 34.0 Å². The van der Waals surface area contributed by atoms with Crippen LogP contribution in [0.15, 0.2) is 133 Å². The van der Waals surface area contributed by atoms with Crippen LogP contribution >= 0.6 is 0 Å². The van der Waals surface area contributed by atoms with Gasteiger partial charge in [-0.25, -0.2) is 0 Å². The van der Waals surface area contributed by atoms with Crippen molar-refractivity contribution < 1.29 is 0 Å². The summed E-state index contributed by atoms with van der Waals surface area (Å²) < 4.78 is 0. The lowest BCUT2D eigenvalue weighted by atomic mass is 9.33. The predicted octanol–water partition coefficient (Wildman–Crippen LogP) is 14.2. The second kappa shape index (κ2) is 13.6. The maximum absolute atomic E-state index is 2.67. The molecule has 0 amide bonds. The standard InChI is InChI=1S/C59H59BN2/c1-36-29-53-56-54(30-36)62(50-22-16-17-37(2)55(50)44-21-15-14-20-43(44)40-23-24-40)51-32-42(57(4,5)6)26-27-47(51)60(56)48-33-45-46(59(9,10)35-58(45,7)8)34-52(48)61(53)49-28-25-41(31-38(49)3)39-18-12-11-13-19-39/h11-22,25-34,40H,23-24,35H2,1-10H3. The molecule has 0 atom stereocenters. The molecule has 0 spiro atoms. The molecule has 7 aromatic carbocycles. The van der Waals surface area contributed by atoms with Crippen molar-refractivity contribution in [2.75, 3.05) is 9.80 Å². The maximum atomic E-state index is 2.67. The number of rotatable bonds is 5. The molecule has 1 saturated carbocycles. The zero-order valence-electron chi connectivity index (χ0n) is 38.4. The number of aryl methyl sites for hydroxylation is 3. The lowest BCUT2D eigenvalue weighted by Gasteiger charge is -2.46. The van der Waals surface area contributed by atoms with Gasteiger partial charge in [0.05, 0.1) is 5.69 Å². The van der Waals surface area contributed by atoms with Gasteiger partial charge in [0.15, 0.2) is 0 Å². The van der Waals surface area contributed by atoms with Crippen molar-refractivity contribution >= 4 is 57.2 Å². The fraction of sp³-hybridized carbons (Fsp3) is 0.288. The van der Waals surface area contributed by atoms with E-state index in [1.165, 1.54) is 125 Å². The molecule has 2 aliphatic heterocycles. The molecule has 2 heterocycles. The minimum Gasteiger partial charge on any atom is -0.311 e. The lowest BCUT2D eigenvalue weighted by molar-refractivity contribution is 0.403. The molecule has 0 unspecified atom stereocenters. The van der Waals surface area contributed by atoms with Crippen molar-refractivity contribution in [3.05, 3.63) is 172 Å². The fourth-order valence-corrected chi connectivity index (χ4v) is 12.0. The van der Waals surface area contributed by atoms with Crippen LogP contribution in [0.2, 0.25) is 0 Å². The topological polar surface area (TPSA) is 6.48 Å². The Bertz CT molecular complexity index is 2980. The van der Waals surface area contributed by atoms with Gasteiger partial charge < -0.3 is 9.80 Å². The van der Waals surface area contributed by atoms with Crippen LogP contribution in [-0.4, -0.2) is 6.71 Å². The van der Waals surface area contributed by atoms with Crippen LogP contribution in [0, 0.1) is 20.8 Å². The minimum atomic E-state index is -0.0200. The highest BCUT2D eigenvalue weighted by molar-refractivity contribution is 7.00. The Labute approximate surface area is 370 Å². The molecule has 0 saturated heterocycles. The summed E-state index contributed by atoms with van der Waals surface area (Å²) in [7, 11) is 0. The Morgan fingerprint density at radius 3 is 1.89 bits per heavy atom. The average Bonchev–Trinajstić information content (AvgIpc) is 4.06. The summed E-state index contributed by atoms with van der Waals surface area (Å²) in [5.74, 6) is 0.633. The SMILES string of the molecule is Cc1cc2c3c(c1)N(c1cccc(C)c1-c1ccccc1C1CC1)c1cc(C(C)(C)C)ccc1B3c1cc3c(cc1N2c1ccc(-c2ccccc2)cc1C)C(C)(C)CC3(C)C. The first-order valence-electron chi connectivity index (χ1n) is 23.0. The number of benzene rings is 7. The minimum absolute atomic E-state index is 0.0200. The quantitative estimate of drug-likeness (QED) is 0.160. The van der Waals surface area contributed by atoms with E-state index < -0.39 is 0 Å². The van der Waals surface area contributed by atoms with Crippen molar-refractivity contribution in [3.63, 3.8) is 0 Å². The van der Waals surface area contributed by atoms with Crippen LogP contribution < -0.4 is 26.2 Å². The molecule has 11 rings (SSSR count). The van der Waals surface area contributed by atoms with E-state index >= 15 is 0 Å². The molecule has 308 valence electrons. The van der Waals surface area contributed by atoms with Crippen LogP contribution in [0.1, 0.15) is 113 Å². The van der Waals surface area contributed by atoms with Crippen molar-refractivity contribution in [2.45, 2.75) is 111 Å². The van der Waals surface area contributed by atoms with E-state index in [1.54, 1.807) is 0 Å². The van der Waals surface area contributed by atoms with Gasteiger partial charge >= 0.3 is 0 Å². The molecule has 0 bridgehead atoms. The maximum Gasteiger partial charge on any atom is 0.252 e. The zero-order chi connectivity index (χ0) is 43.0. The average molecular weight is 807 g/mol. The van der Waals surface area contributed by atoms with Gasteiger partial charge in [-0.1, -0.05) is 139 Å². The third kappa shape index (κ3) is 5.98. The summed E-state index contributed by atoms with van der Waals surface area (Å²) in [4.78, 5) is 5.32. The normalized spacial score (nSPS) is 16.8. The smallest absolute Gasteiger partial charge is 0.252 e. The molecule has 2 nitrogen and oxygen atoms in total. The Kier molecular flexibility index (Phi) is 8.57. The number of fused-ring (bicyclic) bond motifs is 5. The summed E-state index contributed by atoms with van der Waals surface area (Å²) in [6.07, 6.45) is 3.67. The highest BCUT2D eigenvalue weighted by Gasteiger charge is 2.48. The molecular weight excluding hydrogens is 747 g/mol. The molecule has 0 radical (unpaired) electrons. The Morgan fingerprint density at radius 2 is 1.19 bits per heavy atom. The van der Waals surface area contributed by atoms with Crippen molar-refractivity contribution in [1.82, 2.24) is 0 Å². The van der Waals surface area contributed by atoms with Gasteiger partial charge in [0.25, 0.3) is 6.71 Å². The first-order valence-corrected chi connectivity index (χ1v) is 23.0. The van der Waals surface area contributed by atoms with E-state index in [-0.39, 0.29) is 23.0 Å². The first kappa shape index (κ1) is 39.1. The summed E-state index contributed by atoms with van der Waals surface area (Å²) in [6.45, 7) is 23.9. The van der Waals surface area contributed by atoms with Crippen molar-refractivity contribution in [2.24, 2.45) is 0 Å². The first-order chi connectivity index (χ1) is 29.6. The monoisotopic (exact) mass is 806 g/mol. The van der Waals surface area contributed by atoms with E-state index in [1.807, 2.05) is 0 Å². The Balaban J connectivity index is 1.24. The lowest BCUT2D eigenvalue weighted by Crippen LogP contribution is -2.61. The van der Waals surface area contributed by atoms with Crippen LogP contribution in [-0.2, 0) is 16.2 Å². The number of hydrogen-bond acceptors (Lipinski definition) is 2. The summed E-state index contributed by atoms with van der Waals surface area (Å²) in [6, 6.07) is 51.9. The molecule has 62 heavy (non-hydrogen) atoms. The Morgan fingerprint density at radius 1 is 0.532 bits per heavy atom. The predicted molar refractivity (Wildman–Crippen MR) is 267 cm³/mol. The third-order valence-corrected chi connectivity index (χ3v) is 14.8. The van der Waals surface area contributed by atoms with Gasteiger partial charge in [-0.2, -0.15) is 0 Å². The van der Waals surface area contributed by atoms with E-state index in [0.717, 1.165) is 6.42 Å². The van der Waals surface area contributed by atoms with Crippen LogP contribution in [0.4, 0.5) is 34.1 Å². The molecular formula is C59H59BN2. The summed E-state index contributed by atoms with van der Waals surface area (Å²) >= 11 is 0. The third-order valence-electron chi connectivity index (χ3n) is 14.8. The van der Waals surface area contributed by atoms with Gasteiger partial charge in [0.1, 0.15) is 0 Å². The molecule has 0 aromatic heterocycles. The van der Waals surface area contributed by atoms with Gasteiger partial charge in [-0.3, -0.25) is 0 Å². The number of hydrogen-bond donors (Lipinski definition) is 0. The Hall–Kier alpha value is -5.80. The van der Waals surface area contributed by atoms with Gasteiger partial charge in [-0.15, -0.1) is 0 Å². The van der Waals surface area contributed by atoms with E-state index in [2.05, 4.69) is 212 Å². The highest BCUT2D eigenvalue weighted by Crippen LogP contribution is 2.54. The second-order valence-corrected chi connectivity index (χ2v) is 21.4. The van der Waals surface area contributed by atoms with E-state index in [9.17, 15) is 0 Å². The highest BCUT2D eigenvalue weighted by atomic mass is 15.2. The molecule has 2 aliphatic carbocycles. The second-order valence-electron chi connectivity index (χ2n) is 21.4. The number of anilines is 6. The van der Waals surface area contributed by atoms with Crippen molar-refractivity contribution in [3.8, 4) is 22.3 Å². The molecule has 7 aromatic rings. The molecule has 1 fully saturated rings. The molecule has 4 aliphatic rings. The summed E-state index contributed by atoms with van der Waals surface area (Å²) in [5.41, 5.74) is 26.9.